The minimum absolute atomic E-state index is 0.106. The third-order valence-electron chi connectivity index (χ3n) is 5.20. The molecule has 0 spiro atoms. The van der Waals surface area contributed by atoms with Gasteiger partial charge in [0.15, 0.2) is 0 Å². The van der Waals surface area contributed by atoms with Crippen LogP contribution in [0, 0.1) is 0 Å². The maximum atomic E-state index is 12.7. The molecule has 0 saturated carbocycles. The van der Waals surface area contributed by atoms with E-state index in [0.29, 0.717) is 24.2 Å². The van der Waals surface area contributed by atoms with Gasteiger partial charge in [-0.2, -0.15) is 0 Å². The van der Waals surface area contributed by atoms with Crippen molar-refractivity contribution in [3.63, 3.8) is 0 Å². The number of ether oxygens (including phenoxy) is 2. The highest BCUT2D eigenvalue weighted by atomic mass is 16.5. The first-order valence-electron chi connectivity index (χ1n) is 9.66. The molecule has 2 atom stereocenters. The van der Waals surface area contributed by atoms with Crippen LogP contribution in [0.1, 0.15) is 40.5 Å². The van der Waals surface area contributed by atoms with Gasteiger partial charge in [-0.1, -0.05) is 12.1 Å². The van der Waals surface area contributed by atoms with Crippen molar-refractivity contribution < 1.29 is 28.7 Å². The molecule has 1 saturated heterocycles. The minimum atomic E-state index is -0.811. The summed E-state index contributed by atoms with van der Waals surface area (Å²) in [4.78, 5) is 52.5. The van der Waals surface area contributed by atoms with Gasteiger partial charge in [-0.25, -0.2) is 4.79 Å². The summed E-state index contributed by atoms with van der Waals surface area (Å²) in [5, 5.41) is 2.78. The fourth-order valence-corrected chi connectivity index (χ4v) is 3.80. The first kappa shape index (κ1) is 20.8. The highest BCUT2D eigenvalue weighted by Gasteiger charge is 2.40. The summed E-state index contributed by atoms with van der Waals surface area (Å²) >= 11 is 0. The number of esters is 1. The Kier molecular flexibility index (Phi) is 6.48. The molecule has 1 N–H and O–H groups in total. The molecule has 0 unspecified atom stereocenters. The number of alkyl carbamates (subject to hydrolysis) is 1. The van der Waals surface area contributed by atoms with Crippen LogP contribution >= 0.6 is 0 Å². The van der Waals surface area contributed by atoms with Crippen LogP contribution in [-0.2, 0) is 14.3 Å². The first-order valence-corrected chi connectivity index (χ1v) is 9.66. The number of nitrogens with zero attached hydrogens (tertiary/aromatic N) is 2. The number of amides is 3. The van der Waals surface area contributed by atoms with Crippen LogP contribution in [0.4, 0.5) is 4.79 Å². The summed E-state index contributed by atoms with van der Waals surface area (Å²) in [7, 11) is 1.27. The van der Waals surface area contributed by atoms with Gasteiger partial charge in [-0.15, -0.1) is 0 Å². The van der Waals surface area contributed by atoms with Crippen LogP contribution in [-0.4, -0.2) is 79.1 Å². The zero-order chi connectivity index (χ0) is 21.0. The van der Waals surface area contributed by atoms with Crippen molar-refractivity contribution in [2.24, 2.45) is 0 Å². The number of carbonyl (C=O) groups excluding carboxylic acids is 4. The van der Waals surface area contributed by atoms with Gasteiger partial charge in [-0.3, -0.25) is 24.2 Å². The summed E-state index contributed by atoms with van der Waals surface area (Å²) in [5.74, 6) is -1.37. The summed E-state index contributed by atoms with van der Waals surface area (Å²) in [5.41, 5.74) is 0.670. The molecule has 1 aromatic rings. The van der Waals surface area contributed by atoms with Crippen molar-refractivity contribution in [3.05, 3.63) is 35.4 Å². The Bertz CT molecular complexity index is 776. The van der Waals surface area contributed by atoms with E-state index < -0.39 is 29.9 Å². The summed E-state index contributed by atoms with van der Waals surface area (Å²) in [6, 6.07) is 5.58. The molecule has 1 aromatic carbocycles. The zero-order valence-electron chi connectivity index (χ0n) is 16.6. The molecule has 0 aliphatic carbocycles. The molecule has 0 aromatic heterocycles. The second-order valence-electron chi connectivity index (χ2n) is 7.00. The molecule has 9 nitrogen and oxygen atoms in total. The van der Waals surface area contributed by atoms with Crippen LogP contribution in [0.5, 0.6) is 0 Å². The van der Waals surface area contributed by atoms with Crippen LogP contribution in [0.15, 0.2) is 24.3 Å². The standard InChI is InChI=1S/C20H25N3O6/c1-3-29-20(27)21-13-7-6-10-22(11-13)16(19(26)28-2)12-23-17(24)14-8-4-5-9-15(14)18(23)25/h4-5,8-9,13,16H,3,6-7,10-12H2,1-2H3,(H,21,27)/t13-,16-/m1/s1. The molecule has 156 valence electrons. The molecular formula is C20H25N3O6. The van der Waals surface area contributed by atoms with Crippen LogP contribution in [0.3, 0.4) is 0 Å². The largest absolute Gasteiger partial charge is 0.468 e. The molecule has 3 rings (SSSR count). The third kappa shape index (κ3) is 4.40. The van der Waals surface area contributed by atoms with Gasteiger partial charge in [-0.05, 0) is 38.4 Å². The smallest absolute Gasteiger partial charge is 0.407 e. The van der Waals surface area contributed by atoms with E-state index in [2.05, 4.69) is 5.32 Å². The molecule has 1 fully saturated rings. The number of imide groups is 1. The lowest BCUT2D eigenvalue weighted by Crippen LogP contribution is -2.57. The van der Waals surface area contributed by atoms with E-state index in [-0.39, 0.29) is 19.2 Å². The topological polar surface area (TPSA) is 105 Å². The van der Waals surface area contributed by atoms with E-state index in [1.807, 2.05) is 4.90 Å². The van der Waals surface area contributed by atoms with Gasteiger partial charge in [0.25, 0.3) is 11.8 Å². The van der Waals surface area contributed by atoms with E-state index in [1.54, 1.807) is 31.2 Å². The Morgan fingerprint density at radius 3 is 2.45 bits per heavy atom. The number of piperidine rings is 1. The van der Waals surface area contributed by atoms with Gasteiger partial charge < -0.3 is 14.8 Å². The average molecular weight is 403 g/mol. The molecule has 2 heterocycles. The zero-order valence-corrected chi connectivity index (χ0v) is 16.6. The molecule has 2 aliphatic heterocycles. The molecule has 0 bridgehead atoms. The van der Waals surface area contributed by atoms with Crippen LogP contribution < -0.4 is 5.32 Å². The monoisotopic (exact) mass is 403 g/mol. The SMILES string of the molecule is CCOC(=O)N[C@@H]1CCCN([C@H](CN2C(=O)c3ccccc3C2=O)C(=O)OC)C1. The fraction of sp³-hybridized carbons (Fsp3) is 0.500. The normalized spacial score (nSPS) is 20.2. The Morgan fingerprint density at radius 1 is 1.21 bits per heavy atom. The lowest BCUT2D eigenvalue weighted by molar-refractivity contribution is -0.147. The van der Waals surface area contributed by atoms with Crippen molar-refractivity contribution in [1.82, 2.24) is 15.1 Å². The fourth-order valence-electron chi connectivity index (χ4n) is 3.80. The lowest BCUT2D eigenvalue weighted by Gasteiger charge is -2.37. The van der Waals surface area contributed by atoms with Crippen molar-refractivity contribution in [1.29, 1.82) is 0 Å². The molecule has 9 heteroatoms. The number of benzene rings is 1. The van der Waals surface area contributed by atoms with E-state index >= 15 is 0 Å². The van der Waals surface area contributed by atoms with Gasteiger partial charge in [0.1, 0.15) is 6.04 Å². The molecule has 2 aliphatic rings. The van der Waals surface area contributed by atoms with E-state index in [0.717, 1.165) is 17.7 Å². The third-order valence-corrected chi connectivity index (χ3v) is 5.20. The van der Waals surface area contributed by atoms with Crippen molar-refractivity contribution in [3.8, 4) is 0 Å². The Balaban J connectivity index is 1.74. The van der Waals surface area contributed by atoms with Gasteiger partial charge in [0, 0.05) is 12.6 Å². The maximum Gasteiger partial charge on any atom is 0.407 e. The molecule has 29 heavy (non-hydrogen) atoms. The van der Waals surface area contributed by atoms with Crippen LogP contribution in [0.2, 0.25) is 0 Å². The van der Waals surface area contributed by atoms with Gasteiger partial charge in [0.2, 0.25) is 0 Å². The average Bonchev–Trinajstić information content (AvgIpc) is 2.96. The molecule has 0 radical (unpaired) electrons. The van der Waals surface area contributed by atoms with Crippen LogP contribution in [0.25, 0.3) is 0 Å². The Labute approximate surface area is 168 Å². The highest BCUT2D eigenvalue weighted by molar-refractivity contribution is 6.21. The summed E-state index contributed by atoms with van der Waals surface area (Å²) in [6.07, 6.45) is 0.984. The van der Waals surface area contributed by atoms with Gasteiger partial charge >= 0.3 is 12.1 Å². The van der Waals surface area contributed by atoms with Crippen molar-refractivity contribution >= 4 is 23.9 Å². The highest BCUT2D eigenvalue weighted by Crippen LogP contribution is 2.24. The number of hydrogen-bond donors (Lipinski definition) is 1. The number of hydrogen-bond acceptors (Lipinski definition) is 7. The number of fused-ring (bicyclic) bond motifs is 1. The predicted octanol–water partition coefficient (Wildman–Crippen LogP) is 1.03. The second-order valence-corrected chi connectivity index (χ2v) is 7.00. The first-order chi connectivity index (χ1) is 14.0. The number of nitrogens with one attached hydrogen (secondary N) is 1. The minimum Gasteiger partial charge on any atom is -0.468 e. The Morgan fingerprint density at radius 2 is 1.86 bits per heavy atom. The maximum absolute atomic E-state index is 12.7. The number of likely N-dealkylation sites (tertiary alicyclic amines) is 1. The number of methoxy groups -OCH3 is 1. The van der Waals surface area contributed by atoms with Gasteiger partial charge in [0.05, 0.1) is 31.4 Å². The molecule has 3 amide bonds. The van der Waals surface area contributed by atoms with E-state index in [9.17, 15) is 19.2 Å². The number of carbonyl (C=O) groups is 4. The summed E-state index contributed by atoms with van der Waals surface area (Å²) < 4.78 is 9.86. The number of rotatable bonds is 6. The quantitative estimate of drug-likeness (QED) is 0.559. The lowest BCUT2D eigenvalue weighted by atomic mass is 10.0. The van der Waals surface area contributed by atoms with E-state index in [1.165, 1.54) is 7.11 Å². The summed E-state index contributed by atoms with van der Waals surface area (Å²) in [6.45, 7) is 2.87. The Hall–Kier alpha value is -2.94. The van der Waals surface area contributed by atoms with E-state index in [4.69, 9.17) is 9.47 Å². The molecular weight excluding hydrogens is 378 g/mol. The van der Waals surface area contributed by atoms with Crippen molar-refractivity contribution in [2.75, 3.05) is 33.4 Å². The second kappa shape index (κ2) is 9.04. The predicted molar refractivity (Wildman–Crippen MR) is 102 cm³/mol. The van der Waals surface area contributed by atoms with Crippen molar-refractivity contribution in [2.45, 2.75) is 31.8 Å².